The van der Waals surface area contributed by atoms with Crippen molar-refractivity contribution < 1.29 is 4.74 Å². The van der Waals surface area contributed by atoms with Gasteiger partial charge in [0.05, 0.1) is 12.3 Å². The van der Waals surface area contributed by atoms with Gasteiger partial charge in [-0.05, 0) is 37.5 Å². The van der Waals surface area contributed by atoms with E-state index < -0.39 is 0 Å². The highest BCUT2D eigenvalue weighted by molar-refractivity contribution is 6.30. The maximum atomic E-state index is 6.01. The van der Waals surface area contributed by atoms with Gasteiger partial charge in [-0.2, -0.15) is 10.1 Å². The van der Waals surface area contributed by atoms with Crippen molar-refractivity contribution in [3.8, 4) is 0 Å². The van der Waals surface area contributed by atoms with Gasteiger partial charge in [0, 0.05) is 23.9 Å². The fourth-order valence-corrected chi connectivity index (χ4v) is 2.49. The van der Waals surface area contributed by atoms with Gasteiger partial charge in [0.2, 0.25) is 5.95 Å². The Kier molecular flexibility index (Phi) is 4.70. The number of nitrogens with zero attached hydrogens (tertiary/aromatic N) is 3. The van der Waals surface area contributed by atoms with Crippen molar-refractivity contribution in [3.05, 3.63) is 35.0 Å². The summed E-state index contributed by atoms with van der Waals surface area (Å²) in [5.74, 6) is 1.11. The molecule has 1 unspecified atom stereocenters. The van der Waals surface area contributed by atoms with Gasteiger partial charge in [0.1, 0.15) is 0 Å². The van der Waals surface area contributed by atoms with E-state index >= 15 is 0 Å². The summed E-state index contributed by atoms with van der Waals surface area (Å²) in [5.41, 5.74) is 1.93. The lowest BCUT2D eigenvalue weighted by molar-refractivity contribution is 0.120. The minimum Gasteiger partial charge on any atom is -0.376 e. The first-order valence-corrected chi connectivity index (χ1v) is 7.67. The SMILES string of the molecule is Cc1ccc(Cl)cc1Nc1nncc(NCC2CCCO2)n1. The van der Waals surface area contributed by atoms with Crippen LogP contribution in [0.15, 0.2) is 24.4 Å². The van der Waals surface area contributed by atoms with Crippen LogP contribution in [0, 0.1) is 6.92 Å². The normalized spacial score (nSPS) is 17.5. The molecule has 7 heteroatoms. The third-order valence-corrected chi connectivity index (χ3v) is 3.77. The number of anilines is 3. The molecule has 1 saturated heterocycles. The summed E-state index contributed by atoms with van der Waals surface area (Å²) in [7, 11) is 0. The van der Waals surface area contributed by atoms with Crippen LogP contribution >= 0.6 is 11.6 Å². The number of nitrogens with one attached hydrogen (secondary N) is 2. The van der Waals surface area contributed by atoms with Gasteiger partial charge in [0.25, 0.3) is 0 Å². The van der Waals surface area contributed by atoms with Crippen LogP contribution in [0.4, 0.5) is 17.5 Å². The molecule has 116 valence electrons. The van der Waals surface area contributed by atoms with E-state index in [9.17, 15) is 0 Å². The zero-order valence-electron chi connectivity index (χ0n) is 12.3. The molecule has 1 aliphatic rings. The number of halogens is 1. The van der Waals surface area contributed by atoms with Crippen LogP contribution in [0.3, 0.4) is 0 Å². The highest BCUT2D eigenvalue weighted by Crippen LogP contribution is 2.22. The third-order valence-electron chi connectivity index (χ3n) is 3.54. The quantitative estimate of drug-likeness (QED) is 0.882. The monoisotopic (exact) mass is 319 g/mol. The van der Waals surface area contributed by atoms with Crippen LogP contribution in [0.5, 0.6) is 0 Å². The lowest BCUT2D eigenvalue weighted by Crippen LogP contribution is -2.19. The van der Waals surface area contributed by atoms with Crippen molar-refractivity contribution in [1.29, 1.82) is 0 Å². The molecule has 1 atom stereocenters. The number of hydrogen-bond acceptors (Lipinski definition) is 6. The van der Waals surface area contributed by atoms with Gasteiger partial charge >= 0.3 is 0 Å². The molecule has 0 spiro atoms. The summed E-state index contributed by atoms with van der Waals surface area (Å²) >= 11 is 6.01. The molecule has 1 aliphatic heterocycles. The van der Waals surface area contributed by atoms with Gasteiger partial charge in [-0.3, -0.25) is 0 Å². The standard InChI is InChI=1S/C15H18ClN5O/c1-10-4-5-11(16)7-13(10)19-15-20-14(9-18-21-15)17-8-12-3-2-6-22-12/h4-5,7,9,12H,2-3,6,8H2,1H3,(H2,17,19,20,21). The van der Waals surface area contributed by atoms with Gasteiger partial charge in [-0.25, -0.2) is 0 Å². The molecule has 0 radical (unpaired) electrons. The zero-order valence-corrected chi connectivity index (χ0v) is 13.1. The highest BCUT2D eigenvalue weighted by atomic mass is 35.5. The second kappa shape index (κ2) is 6.89. The van der Waals surface area contributed by atoms with Gasteiger partial charge in [-0.15, -0.1) is 5.10 Å². The molecule has 6 nitrogen and oxygen atoms in total. The van der Waals surface area contributed by atoms with Crippen molar-refractivity contribution in [2.75, 3.05) is 23.8 Å². The Morgan fingerprint density at radius 1 is 1.41 bits per heavy atom. The fourth-order valence-electron chi connectivity index (χ4n) is 2.31. The first-order chi connectivity index (χ1) is 10.7. The van der Waals surface area contributed by atoms with Crippen LogP contribution in [-0.4, -0.2) is 34.4 Å². The molecule has 0 amide bonds. The van der Waals surface area contributed by atoms with E-state index in [0.717, 1.165) is 37.2 Å². The molecule has 1 fully saturated rings. The summed E-state index contributed by atoms with van der Waals surface area (Å²) in [6.45, 7) is 3.56. The number of benzene rings is 1. The van der Waals surface area contributed by atoms with Crippen molar-refractivity contribution in [2.45, 2.75) is 25.9 Å². The second-order valence-electron chi connectivity index (χ2n) is 5.27. The summed E-state index contributed by atoms with van der Waals surface area (Å²) < 4.78 is 5.57. The molecular weight excluding hydrogens is 302 g/mol. The largest absolute Gasteiger partial charge is 0.376 e. The van der Waals surface area contributed by atoms with E-state index in [1.54, 1.807) is 6.20 Å². The van der Waals surface area contributed by atoms with Crippen LogP contribution < -0.4 is 10.6 Å². The molecule has 2 N–H and O–H groups in total. The predicted octanol–water partition coefficient (Wildman–Crippen LogP) is 3.17. The Bertz CT molecular complexity index is 646. The van der Waals surface area contributed by atoms with Gasteiger partial charge < -0.3 is 15.4 Å². The molecule has 2 aromatic rings. The third kappa shape index (κ3) is 3.84. The highest BCUT2D eigenvalue weighted by Gasteiger charge is 2.15. The summed E-state index contributed by atoms with van der Waals surface area (Å²) in [4.78, 5) is 4.41. The first kappa shape index (κ1) is 15.0. The number of hydrogen-bond donors (Lipinski definition) is 2. The minimum atomic E-state index is 0.251. The van der Waals surface area contributed by atoms with E-state index in [-0.39, 0.29) is 6.10 Å². The van der Waals surface area contributed by atoms with Crippen molar-refractivity contribution in [2.24, 2.45) is 0 Å². The van der Waals surface area contributed by atoms with E-state index in [0.29, 0.717) is 16.8 Å². The molecule has 22 heavy (non-hydrogen) atoms. The number of aryl methyl sites for hydroxylation is 1. The molecule has 2 heterocycles. The maximum absolute atomic E-state index is 6.01. The molecule has 0 bridgehead atoms. The van der Waals surface area contributed by atoms with Crippen LogP contribution in [0.2, 0.25) is 5.02 Å². The Hall–Kier alpha value is -1.92. The predicted molar refractivity (Wildman–Crippen MR) is 86.8 cm³/mol. The molecular formula is C15H18ClN5O. The Labute approximate surface area is 134 Å². The average Bonchev–Trinajstić information content (AvgIpc) is 3.03. The van der Waals surface area contributed by atoms with E-state index in [1.807, 2.05) is 25.1 Å². The van der Waals surface area contributed by atoms with Crippen molar-refractivity contribution >= 4 is 29.1 Å². The number of rotatable bonds is 5. The van der Waals surface area contributed by atoms with E-state index in [2.05, 4.69) is 25.8 Å². The Balaban J connectivity index is 1.66. The topological polar surface area (TPSA) is 72.0 Å². The number of ether oxygens (including phenoxy) is 1. The van der Waals surface area contributed by atoms with Gasteiger partial charge in [0.15, 0.2) is 5.82 Å². The van der Waals surface area contributed by atoms with Crippen molar-refractivity contribution in [3.63, 3.8) is 0 Å². The molecule has 0 saturated carbocycles. The minimum absolute atomic E-state index is 0.251. The first-order valence-electron chi connectivity index (χ1n) is 7.29. The summed E-state index contributed by atoms with van der Waals surface area (Å²) in [6.07, 6.45) is 4.06. The summed E-state index contributed by atoms with van der Waals surface area (Å²) in [6, 6.07) is 5.63. The Morgan fingerprint density at radius 2 is 2.32 bits per heavy atom. The van der Waals surface area contributed by atoms with Crippen LogP contribution in [0.1, 0.15) is 18.4 Å². The zero-order chi connectivity index (χ0) is 15.4. The Morgan fingerprint density at radius 3 is 3.14 bits per heavy atom. The van der Waals surface area contributed by atoms with E-state index in [1.165, 1.54) is 0 Å². The molecule has 0 aliphatic carbocycles. The molecule has 3 rings (SSSR count). The molecule has 1 aromatic heterocycles. The van der Waals surface area contributed by atoms with Gasteiger partial charge in [-0.1, -0.05) is 17.7 Å². The smallest absolute Gasteiger partial charge is 0.249 e. The van der Waals surface area contributed by atoms with Crippen LogP contribution in [0.25, 0.3) is 0 Å². The fraction of sp³-hybridized carbons (Fsp3) is 0.400. The van der Waals surface area contributed by atoms with E-state index in [4.69, 9.17) is 16.3 Å². The lowest BCUT2D eigenvalue weighted by atomic mass is 10.2. The lowest BCUT2D eigenvalue weighted by Gasteiger charge is -2.12. The summed E-state index contributed by atoms with van der Waals surface area (Å²) in [5, 5.41) is 15.0. The number of aromatic nitrogens is 3. The molecule has 1 aromatic carbocycles. The van der Waals surface area contributed by atoms with Crippen molar-refractivity contribution in [1.82, 2.24) is 15.2 Å². The van der Waals surface area contributed by atoms with Crippen LogP contribution in [-0.2, 0) is 4.74 Å². The second-order valence-corrected chi connectivity index (χ2v) is 5.70. The maximum Gasteiger partial charge on any atom is 0.249 e. The average molecular weight is 320 g/mol.